The number of anilines is 1. The molecule has 1 aromatic heterocycles. The Balaban J connectivity index is 1.47. The van der Waals surface area contributed by atoms with Crippen LogP contribution >= 0.6 is 0 Å². The van der Waals surface area contributed by atoms with Crippen LogP contribution in [0.2, 0.25) is 0 Å². The summed E-state index contributed by atoms with van der Waals surface area (Å²) >= 11 is 0. The highest BCUT2D eigenvalue weighted by Gasteiger charge is 2.15. The maximum atomic E-state index is 12.3. The van der Waals surface area contributed by atoms with Gasteiger partial charge in [0.15, 0.2) is 0 Å². The lowest BCUT2D eigenvalue weighted by molar-refractivity contribution is 0.0457. The fourth-order valence-electron chi connectivity index (χ4n) is 3.07. The molecule has 1 heterocycles. The number of ether oxygens (including phenoxy) is 1. The molecule has 1 aromatic carbocycles. The molecule has 1 aliphatic carbocycles. The monoisotopic (exact) mass is 342 g/mol. The maximum absolute atomic E-state index is 12.3. The van der Waals surface area contributed by atoms with Gasteiger partial charge in [-0.05, 0) is 30.5 Å². The van der Waals surface area contributed by atoms with Crippen molar-refractivity contribution in [1.82, 2.24) is 14.7 Å². The van der Waals surface area contributed by atoms with E-state index < -0.39 is 0 Å². The van der Waals surface area contributed by atoms with Crippen molar-refractivity contribution in [3.05, 3.63) is 47.8 Å². The van der Waals surface area contributed by atoms with Gasteiger partial charge in [-0.1, -0.05) is 25.0 Å². The highest BCUT2D eigenvalue weighted by molar-refractivity contribution is 5.89. The summed E-state index contributed by atoms with van der Waals surface area (Å²) in [5, 5.41) is 7.03. The zero-order valence-electron chi connectivity index (χ0n) is 14.9. The first-order valence-electron chi connectivity index (χ1n) is 8.80. The second kappa shape index (κ2) is 8.16. The number of carbonyl (C=O) groups is 1. The molecule has 6 nitrogen and oxygen atoms in total. The minimum absolute atomic E-state index is 0.140. The molecule has 2 aromatic rings. The summed E-state index contributed by atoms with van der Waals surface area (Å²) in [4.78, 5) is 13.9. The highest BCUT2D eigenvalue weighted by atomic mass is 16.5. The molecule has 0 bridgehead atoms. The van der Waals surface area contributed by atoms with Crippen LogP contribution in [0.15, 0.2) is 36.7 Å². The topological polar surface area (TPSA) is 59.4 Å². The molecule has 1 N–H and O–H groups in total. The normalized spacial score (nSPS) is 14.6. The van der Waals surface area contributed by atoms with Gasteiger partial charge in [0.25, 0.3) is 0 Å². The molecule has 25 heavy (non-hydrogen) atoms. The number of nitrogens with zero attached hydrogens (tertiary/aromatic N) is 3. The molecule has 3 rings (SSSR count). The second-order valence-electron chi connectivity index (χ2n) is 6.72. The average Bonchev–Trinajstić information content (AvgIpc) is 3.26. The predicted octanol–water partition coefficient (Wildman–Crippen LogP) is 3.54. The number of rotatable bonds is 6. The minimum Gasteiger partial charge on any atom is -0.374 e. The Morgan fingerprint density at radius 2 is 2.00 bits per heavy atom. The van der Waals surface area contributed by atoms with E-state index in [9.17, 15) is 4.79 Å². The van der Waals surface area contributed by atoms with Gasteiger partial charge >= 0.3 is 6.03 Å². The Morgan fingerprint density at radius 3 is 2.64 bits per heavy atom. The number of amides is 2. The van der Waals surface area contributed by atoms with E-state index >= 15 is 0 Å². The number of carbonyl (C=O) groups excluding carboxylic acids is 1. The lowest BCUT2D eigenvalue weighted by atomic mass is 10.2. The van der Waals surface area contributed by atoms with Crippen molar-refractivity contribution in [2.75, 3.05) is 12.4 Å². The van der Waals surface area contributed by atoms with Gasteiger partial charge in [-0.2, -0.15) is 5.10 Å². The molecule has 0 spiro atoms. The van der Waals surface area contributed by atoms with E-state index in [4.69, 9.17) is 4.74 Å². The van der Waals surface area contributed by atoms with Gasteiger partial charge < -0.3 is 15.0 Å². The van der Waals surface area contributed by atoms with Gasteiger partial charge in [-0.25, -0.2) is 4.79 Å². The van der Waals surface area contributed by atoms with Crippen LogP contribution in [0.3, 0.4) is 0 Å². The van der Waals surface area contributed by atoms with Crippen LogP contribution in [-0.4, -0.2) is 33.9 Å². The molecule has 0 aliphatic heterocycles. The summed E-state index contributed by atoms with van der Waals surface area (Å²) < 4.78 is 7.64. The first-order valence-corrected chi connectivity index (χ1v) is 8.80. The van der Waals surface area contributed by atoms with Crippen molar-refractivity contribution < 1.29 is 9.53 Å². The van der Waals surface area contributed by atoms with E-state index in [0.717, 1.165) is 16.8 Å². The van der Waals surface area contributed by atoms with Gasteiger partial charge in [-0.15, -0.1) is 0 Å². The van der Waals surface area contributed by atoms with Crippen LogP contribution in [0.5, 0.6) is 0 Å². The van der Waals surface area contributed by atoms with Crippen LogP contribution in [0.25, 0.3) is 0 Å². The number of benzene rings is 1. The Hall–Kier alpha value is -2.34. The number of hydrogen-bond acceptors (Lipinski definition) is 3. The fraction of sp³-hybridized carbons (Fsp3) is 0.474. The Kier molecular flexibility index (Phi) is 5.71. The molecule has 6 heteroatoms. The standard InChI is InChI=1S/C19H26N4O2/c1-22(12-16-11-20-23(2)13-16)19(24)21-17-9-7-15(8-10-17)14-25-18-5-3-4-6-18/h7-11,13,18H,3-6,12,14H2,1-2H3,(H,21,24). The summed E-state index contributed by atoms with van der Waals surface area (Å²) in [5.74, 6) is 0. The highest BCUT2D eigenvalue weighted by Crippen LogP contribution is 2.22. The van der Waals surface area contributed by atoms with E-state index in [1.54, 1.807) is 22.8 Å². The van der Waals surface area contributed by atoms with Crippen LogP contribution in [0, 0.1) is 0 Å². The molecule has 2 amide bonds. The summed E-state index contributed by atoms with van der Waals surface area (Å²) in [5.41, 5.74) is 2.92. The number of aromatic nitrogens is 2. The van der Waals surface area contributed by atoms with Crippen LogP contribution in [0.4, 0.5) is 10.5 Å². The summed E-state index contributed by atoms with van der Waals surface area (Å²) in [6.07, 6.45) is 9.01. The molecule has 134 valence electrons. The van der Waals surface area contributed by atoms with E-state index in [1.807, 2.05) is 37.5 Å². The van der Waals surface area contributed by atoms with Crippen molar-refractivity contribution >= 4 is 11.7 Å². The largest absolute Gasteiger partial charge is 0.374 e. The molecule has 1 aliphatic rings. The molecule has 0 radical (unpaired) electrons. The van der Waals surface area contributed by atoms with Gasteiger partial charge in [0.2, 0.25) is 0 Å². The van der Waals surface area contributed by atoms with Crippen molar-refractivity contribution in [3.8, 4) is 0 Å². The van der Waals surface area contributed by atoms with Crippen LogP contribution in [-0.2, 0) is 24.9 Å². The van der Waals surface area contributed by atoms with E-state index in [-0.39, 0.29) is 6.03 Å². The van der Waals surface area contributed by atoms with Crippen molar-refractivity contribution in [1.29, 1.82) is 0 Å². The first-order chi connectivity index (χ1) is 12.1. The fourth-order valence-corrected chi connectivity index (χ4v) is 3.07. The van der Waals surface area contributed by atoms with E-state index in [0.29, 0.717) is 19.3 Å². The third-order valence-corrected chi connectivity index (χ3v) is 4.52. The smallest absolute Gasteiger partial charge is 0.321 e. The molecule has 0 saturated heterocycles. The number of urea groups is 1. The van der Waals surface area contributed by atoms with Crippen molar-refractivity contribution in [2.24, 2.45) is 7.05 Å². The summed E-state index contributed by atoms with van der Waals surface area (Å²) in [7, 11) is 3.63. The minimum atomic E-state index is -0.140. The maximum Gasteiger partial charge on any atom is 0.321 e. The van der Waals surface area contributed by atoms with Gasteiger partial charge in [0, 0.05) is 31.5 Å². The third kappa shape index (κ3) is 5.06. The molecular weight excluding hydrogens is 316 g/mol. The summed E-state index contributed by atoms with van der Waals surface area (Å²) in [6.45, 7) is 1.16. The zero-order chi connectivity index (χ0) is 17.6. The first kappa shape index (κ1) is 17.5. The van der Waals surface area contributed by atoms with Gasteiger partial charge in [0.1, 0.15) is 0 Å². The zero-order valence-corrected chi connectivity index (χ0v) is 14.9. The lowest BCUT2D eigenvalue weighted by Gasteiger charge is -2.17. The van der Waals surface area contributed by atoms with E-state index in [1.165, 1.54) is 25.7 Å². The molecular formula is C19H26N4O2. The molecule has 1 saturated carbocycles. The number of nitrogens with one attached hydrogen (secondary N) is 1. The van der Waals surface area contributed by atoms with Crippen LogP contribution in [0.1, 0.15) is 36.8 Å². The van der Waals surface area contributed by atoms with Crippen molar-refractivity contribution in [3.63, 3.8) is 0 Å². The summed E-state index contributed by atoms with van der Waals surface area (Å²) in [6, 6.07) is 7.71. The SMILES string of the molecule is CN(Cc1cnn(C)c1)C(=O)Nc1ccc(COC2CCCC2)cc1. The molecule has 0 unspecified atom stereocenters. The quantitative estimate of drug-likeness (QED) is 0.873. The Bertz CT molecular complexity index is 690. The van der Waals surface area contributed by atoms with E-state index in [2.05, 4.69) is 10.4 Å². The molecule has 1 fully saturated rings. The lowest BCUT2D eigenvalue weighted by Crippen LogP contribution is -2.30. The Morgan fingerprint density at radius 1 is 1.28 bits per heavy atom. The number of aryl methyl sites for hydroxylation is 1. The van der Waals surface area contributed by atoms with Gasteiger partial charge in [0.05, 0.1) is 25.5 Å². The Labute approximate surface area is 148 Å². The molecule has 0 atom stereocenters. The second-order valence-corrected chi connectivity index (χ2v) is 6.72. The van der Waals surface area contributed by atoms with Gasteiger partial charge in [-0.3, -0.25) is 4.68 Å². The predicted molar refractivity (Wildman–Crippen MR) is 97.2 cm³/mol. The number of hydrogen-bond donors (Lipinski definition) is 1. The third-order valence-electron chi connectivity index (χ3n) is 4.52. The van der Waals surface area contributed by atoms with Crippen LogP contribution < -0.4 is 5.32 Å². The average molecular weight is 342 g/mol. The van der Waals surface area contributed by atoms with Crippen molar-refractivity contribution in [2.45, 2.75) is 44.9 Å².